The quantitative estimate of drug-likeness (QED) is 0.718. The van der Waals surface area contributed by atoms with E-state index in [9.17, 15) is 4.79 Å². The molecular weight excluding hydrogens is 202 g/mol. The Morgan fingerprint density at radius 2 is 2.12 bits per heavy atom. The summed E-state index contributed by atoms with van der Waals surface area (Å²) in [4.78, 5) is 14.2. The van der Waals surface area contributed by atoms with E-state index in [4.69, 9.17) is 5.73 Å². The molecule has 1 amide bonds. The third-order valence-corrected chi connectivity index (χ3v) is 4.01. The van der Waals surface area contributed by atoms with Crippen molar-refractivity contribution in [3.63, 3.8) is 0 Å². The van der Waals surface area contributed by atoms with Crippen LogP contribution in [0, 0.1) is 0 Å². The van der Waals surface area contributed by atoms with Crippen LogP contribution in [0.2, 0.25) is 0 Å². The number of nitrogens with one attached hydrogen (secondary N) is 1. The van der Waals surface area contributed by atoms with E-state index in [-0.39, 0.29) is 11.9 Å². The maximum absolute atomic E-state index is 11.8. The number of hydrogen-bond donors (Lipinski definition) is 2. The first-order valence-corrected chi connectivity index (χ1v) is 6.45. The predicted molar refractivity (Wildman–Crippen MR) is 64.0 cm³/mol. The van der Waals surface area contributed by atoms with Crippen molar-refractivity contribution in [1.82, 2.24) is 10.2 Å². The number of carbonyl (C=O) groups is 1. The van der Waals surface area contributed by atoms with Gasteiger partial charge in [0, 0.05) is 19.1 Å². The molecule has 1 heterocycles. The highest BCUT2D eigenvalue weighted by atomic mass is 16.2. The second-order valence-corrected chi connectivity index (χ2v) is 5.09. The van der Waals surface area contributed by atoms with Gasteiger partial charge < -0.3 is 11.1 Å². The van der Waals surface area contributed by atoms with Crippen LogP contribution in [0.4, 0.5) is 0 Å². The first-order valence-electron chi connectivity index (χ1n) is 6.45. The normalized spacial score (nSPS) is 36.2. The molecule has 0 aromatic rings. The van der Waals surface area contributed by atoms with E-state index in [1.54, 1.807) is 7.05 Å². The fourth-order valence-corrected chi connectivity index (χ4v) is 3.13. The van der Waals surface area contributed by atoms with Crippen molar-refractivity contribution >= 4 is 5.91 Å². The van der Waals surface area contributed by atoms with E-state index in [0.29, 0.717) is 12.1 Å². The molecular formula is C12H23N3O. The van der Waals surface area contributed by atoms with E-state index in [0.717, 1.165) is 32.2 Å². The average molecular weight is 225 g/mol. The maximum Gasteiger partial charge on any atom is 0.237 e. The third kappa shape index (κ3) is 2.38. The lowest BCUT2D eigenvalue weighted by Gasteiger charge is -2.38. The molecule has 16 heavy (non-hydrogen) atoms. The fraction of sp³-hybridized carbons (Fsp3) is 0.917. The van der Waals surface area contributed by atoms with Gasteiger partial charge in [-0.25, -0.2) is 0 Å². The second kappa shape index (κ2) is 5.15. The topological polar surface area (TPSA) is 58.4 Å². The molecule has 2 rings (SSSR count). The number of nitrogens with zero attached hydrogens (tertiary/aromatic N) is 1. The van der Waals surface area contributed by atoms with E-state index in [1.165, 1.54) is 12.8 Å². The number of carbonyl (C=O) groups excluding carboxylic acids is 1. The molecule has 0 radical (unpaired) electrons. The minimum absolute atomic E-state index is 0.0917. The molecule has 3 N–H and O–H groups in total. The number of nitrogens with two attached hydrogens (primary N) is 1. The molecule has 0 bridgehead atoms. The Morgan fingerprint density at radius 1 is 1.31 bits per heavy atom. The molecule has 4 nitrogen and oxygen atoms in total. The molecule has 3 atom stereocenters. The Balaban J connectivity index is 2.01. The van der Waals surface area contributed by atoms with Crippen molar-refractivity contribution in [1.29, 1.82) is 0 Å². The molecule has 1 aliphatic heterocycles. The van der Waals surface area contributed by atoms with Crippen molar-refractivity contribution in [2.45, 2.75) is 56.7 Å². The van der Waals surface area contributed by atoms with Gasteiger partial charge in [-0.1, -0.05) is 6.42 Å². The van der Waals surface area contributed by atoms with Gasteiger partial charge in [-0.15, -0.1) is 0 Å². The standard InChI is InChI=1S/C12H23N3O/c1-14-12(16)11-4-2-3-7-15(11)10-6-5-9(13)8-10/h9-11H,2-8,13H2,1H3,(H,14,16). The van der Waals surface area contributed by atoms with E-state index < -0.39 is 0 Å². The number of likely N-dealkylation sites (tertiary alicyclic amines) is 1. The summed E-state index contributed by atoms with van der Waals surface area (Å²) in [5, 5.41) is 2.79. The third-order valence-electron chi connectivity index (χ3n) is 4.01. The Labute approximate surface area is 97.6 Å². The highest BCUT2D eigenvalue weighted by Gasteiger charge is 2.35. The first kappa shape index (κ1) is 11.9. The van der Waals surface area contributed by atoms with Crippen LogP contribution < -0.4 is 11.1 Å². The summed E-state index contributed by atoms with van der Waals surface area (Å²) in [5.74, 6) is 0.181. The van der Waals surface area contributed by atoms with E-state index in [1.807, 2.05) is 0 Å². The highest BCUT2D eigenvalue weighted by Crippen LogP contribution is 2.28. The molecule has 1 aliphatic carbocycles. The van der Waals surface area contributed by atoms with Gasteiger partial charge in [0.1, 0.15) is 0 Å². The summed E-state index contributed by atoms with van der Waals surface area (Å²) in [6.45, 7) is 1.06. The zero-order valence-corrected chi connectivity index (χ0v) is 10.1. The van der Waals surface area contributed by atoms with Gasteiger partial charge in [0.25, 0.3) is 0 Å². The van der Waals surface area contributed by atoms with Gasteiger partial charge >= 0.3 is 0 Å². The molecule has 0 spiro atoms. The monoisotopic (exact) mass is 225 g/mol. The zero-order chi connectivity index (χ0) is 11.5. The second-order valence-electron chi connectivity index (χ2n) is 5.09. The lowest BCUT2D eigenvalue weighted by molar-refractivity contribution is -0.128. The summed E-state index contributed by atoms with van der Waals surface area (Å²) >= 11 is 0. The van der Waals surface area contributed by atoms with Crippen LogP contribution in [0.5, 0.6) is 0 Å². The molecule has 92 valence electrons. The summed E-state index contributed by atoms with van der Waals surface area (Å²) in [5.41, 5.74) is 5.96. The van der Waals surface area contributed by atoms with Gasteiger partial charge in [0.15, 0.2) is 0 Å². The molecule has 1 saturated carbocycles. The van der Waals surface area contributed by atoms with Gasteiger partial charge in [-0.3, -0.25) is 9.69 Å². The number of amides is 1. The Hall–Kier alpha value is -0.610. The Bertz CT molecular complexity index is 257. The van der Waals surface area contributed by atoms with Crippen molar-refractivity contribution < 1.29 is 4.79 Å². The molecule has 0 aromatic heterocycles. The molecule has 1 saturated heterocycles. The largest absolute Gasteiger partial charge is 0.358 e. The number of piperidine rings is 1. The molecule has 4 heteroatoms. The average Bonchev–Trinajstić information content (AvgIpc) is 2.75. The minimum Gasteiger partial charge on any atom is -0.358 e. The zero-order valence-electron chi connectivity index (χ0n) is 10.1. The van der Waals surface area contributed by atoms with Crippen LogP contribution in [0.25, 0.3) is 0 Å². The maximum atomic E-state index is 11.8. The summed E-state index contributed by atoms with van der Waals surface area (Å²) < 4.78 is 0. The van der Waals surface area contributed by atoms with E-state index >= 15 is 0 Å². The number of hydrogen-bond acceptors (Lipinski definition) is 3. The van der Waals surface area contributed by atoms with Crippen LogP contribution in [0.3, 0.4) is 0 Å². The van der Waals surface area contributed by atoms with Gasteiger partial charge in [-0.2, -0.15) is 0 Å². The first-order chi connectivity index (χ1) is 7.72. The van der Waals surface area contributed by atoms with Crippen LogP contribution in [0.15, 0.2) is 0 Å². The Kier molecular flexibility index (Phi) is 3.82. The van der Waals surface area contributed by atoms with Crippen molar-refractivity contribution in [3.8, 4) is 0 Å². The lowest BCUT2D eigenvalue weighted by atomic mass is 9.98. The fourth-order valence-electron chi connectivity index (χ4n) is 3.13. The summed E-state index contributed by atoms with van der Waals surface area (Å²) in [7, 11) is 1.73. The lowest BCUT2D eigenvalue weighted by Crippen LogP contribution is -2.52. The Morgan fingerprint density at radius 3 is 2.75 bits per heavy atom. The van der Waals surface area contributed by atoms with Gasteiger partial charge in [-0.05, 0) is 38.6 Å². The van der Waals surface area contributed by atoms with Gasteiger partial charge in [0.2, 0.25) is 5.91 Å². The minimum atomic E-state index is 0.0917. The smallest absolute Gasteiger partial charge is 0.237 e. The van der Waals surface area contributed by atoms with E-state index in [2.05, 4.69) is 10.2 Å². The summed E-state index contributed by atoms with van der Waals surface area (Å²) in [6.07, 6.45) is 6.74. The predicted octanol–water partition coefficient (Wildman–Crippen LogP) is 0.467. The molecule has 2 fully saturated rings. The van der Waals surface area contributed by atoms with Crippen LogP contribution >= 0.6 is 0 Å². The van der Waals surface area contributed by atoms with Crippen molar-refractivity contribution in [2.24, 2.45) is 5.73 Å². The SMILES string of the molecule is CNC(=O)C1CCCCN1C1CCC(N)C1. The number of likely N-dealkylation sites (N-methyl/N-ethyl adjacent to an activating group) is 1. The summed E-state index contributed by atoms with van der Waals surface area (Å²) in [6, 6.07) is 0.976. The molecule has 0 aromatic carbocycles. The van der Waals surface area contributed by atoms with Gasteiger partial charge in [0.05, 0.1) is 6.04 Å². The molecule has 2 aliphatic rings. The van der Waals surface area contributed by atoms with Crippen molar-refractivity contribution in [3.05, 3.63) is 0 Å². The molecule has 3 unspecified atom stereocenters. The highest BCUT2D eigenvalue weighted by molar-refractivity contribution is 5.81. The van der Waals surface area contributed by atoms with Crippen LogP contribution in [0.1, 0.15) is 38.5 Å². The van der Waals surface area contributed by atoms with Crippen LogP contribution in [-0.2, 0) is 4.79 Å². The number of rotatable bonds is 2. The van der Waals surface area contributed by atoms with Crippen molar-refractivity contribution in [2.75, 3.05) is 13.6 Å². The van der Waals surface area contributed by atoms with Crippen LogP contribution in [-0.4, -0.2) is 42.5 Å².